The van der Waals surface area contributed by atoms with Gasteiger partial charge < -0.3 is 9.40 Å². The van der Waals surface area contributed by atoms with Gasteiger partial charge in [-0.2, -0.15) is 5.10 Å². The molecule has 5 rings (SSSR count). The molecule has 0 atom stereocenters. The summed E-state index contributed by atoms with van der Waals surface area (Å²) in [5, 5.41) is 16.0. The molecule has 0 spiro atoms. The van der Waals surface area contributed by atoms with Crippen LogP contribution in [0.15, 0.2) is 63.0 Å². The molecule has 0 amide bonds. The minimum Gasteiger partial charge on any atom is -0.440 e. The van der Waals surface area contributed by atoms with Crippen molar-refractivity contribution in [1.82, 2.24) is 24.7 Å². The maximum absolute atomic E-state index is 12.5. The third-order valence-corrected chi connectivity index (χ3v) is 5.61. The van der Waals surface area contributed by atoms with Crippen LogP contribution < -0.4 is 5.56 Å². The summed E-state index contributed by atoms with van der Waals surface area (Å²) >= 11 is 7.13. The fourth-order valence-corrected chi connectivity index (χ4v) is 3.97. The Morgan fingerprint density at radius 2 is 2.03 bits per heavy atom. The molecule has 12 heteroatoms. The van der Waals surface area contributed by atoms with Crippen molar-refractivity contribution in [3.05, 3.63) is 80.0 Å². The summed E-state index contributed by atoms with van der Waals surface area (Å²) in [5.74, 6) is 0.560. The number of nitro groups is 1. The summed E-state index contributed by atoms with van der Waals surface area (Å²) < 4.78 is 7.19. The van der Waals surface area contributed by atoms with Gasteiger partial charge in [-0.15, -0.1) is 0 Å². The molecule has 0 bridgehead atoms. The molecule has 0 fully saturated rings. The topological polar surface area (TPSA) is 133 Å². The first-order chi connectivity index (χ1) is 15.0. The van der Waals surface area contributed by atoms with E-state index in [-0.39, 0.29) is 27.6 Å². The summed E-state index contributed by atoms with van der Waals surface area (Å²) in [4.78, 5) is 34.4. The fourth-order valence-electron chi connectivity index (χ4n) is 3.04. The second kappa shape index (κ2) is 7.52. The number of nitrogens with one attached hydrogen (secondary N) is 1. The Morgan fingerprint density at radius 3 is 2.81 bits per heavy atom. The van der Waals surface area contributed by atoms with Gasteiger partial charge in [0.25, 0.3) is 11.2 Å². The zero-order valence-electron chi connectivity index (χ0n) is 15.5. The average Bonchev–Trinajstić information content (AvgIpc) is 3.36. The lowest BCUT2D eigenvalue weighted by molar-refractivity contribution is -0.384. The van der Waals surface area contributed by atoms with Crippen LogP contribution >= 0.6 is 23.4 Å². The van der Waals surface area contributed by atoms with Gasteiger partial charge in [0.2, 0.25) is 5.89 Å². The van der Waals surface area contributed by atoms with Gasteiger partial charge in [-0.1, -0.05) is 41.6 Å². The molecule has 0 saturated heterocycles. The number of nitrogens with zero attached hydrogens (tertiary/aromatic N) is 5. The van der Waals surface area contributed by atoms with Crippen molar-refractivity contribution in [1.29, 1.82) is 0 Å². The molecule has 0 aliphatic rings. The molecule has 5 aromatic rings. The van der Waals surface area contributed by atoms with Crippen LogP contribution in [0.1, 0.15) is 5.89 Å². The van der Waals surface area contributed by atoms with E-state index in [0.717, 1.165) is 5.69 Å². The van der Waals surface area contributed by atoms with E-state index in [1.807, 2.05) is 30.3 Å². The third-order valence-electron chi connectivity index (χ3n) is 4.45. The highest BCUT2D eigenvalue weighted by molar-refractivity contribution is 7.98. The van der Waals surface area contributed by atoms with Gasteiger partial charge in [0.1, 0.15) is 15.9 Å². The first-order valence-corrected chi connectivity index (χ1v) is 10.3. The maximum atomic E-state index is 12.5. The number of aromatic nitrogens is 5. The highest BCUT2D eigenvalue weighted by atomic mass is 35.5. The van der Waals surface area contributed by atoms with E-state index in [4.69, 9.17) is 16.0 Å². The quantitative estimate of drug-likeness (QED) is 0.181. The van der Waals surface area contributed by atoms with E-state index >= 15 is 0 Å². The Kier molecular flexibility index (Phi) is 4.68. The molecule has 154 valence electrons. The lowest BCUT2D eigenvalue weighted by atomic mass is 10.3. The molecule has 2 aromatic carbocycles. The van der Waals surface area contributed by atoms with Crippen LogP contribution in [0.25, 0.3) is 27.8 Å². The number of hydrogen-bond donors (Lipinski definition) is 1. The summed E-state index contributed by atoms with van der Waals surface area (Å²) in [6.45, 7) is 0. The van der Waals surface area contributed by atoms with E-state index in [1.165, 1.54) is 30.1 Å². The summed E-state index contributed by atoms with van der Waals surface area (Å²) in [6.07, 6.45) is 1.47. The smallest absolute Gasteiger partial charge is 0.291 e. The predicted molar refractivity (Wildman–Crippen MR) is 115 cm³/mol. The molecule has 31 heavy (non-hydrogen) atoms. The van der Waals surface area contributed by atoms with E-state index in [9.17, 15) is 14.9 Å². The van der Waals surface area contributed by atoms with Crippen molar-refractivity contribution in [3.63, 3.8) is 0 Å². The van der Waals surface area contributed by atoms with Gasteiger partial charge in [-0.05, 0) is 18.2 Å². The van der Waals surface area contributed by atoms with Crippen LogP contribution in [-0.4, -0.2) is 29.7 Å². The minimum absolute atomic E-state index is 0.0179. The van der Waals surface area contributed by atoms with Gasteiger partial charge in [-0.25, -0.2) is 14.6 Å². The van der Waals surface area contributed by atoms with Crippen molar-refractivity contribution < 1.29 is 9.34 Å². The highest BCUT2D eigenvalue weighted by Gasteiger charge is 2.18. The van der Waals surface area contributed by atoms with Gasteiger partial charge in [0.05, 0.1) is 28.6 Å². The van der Waals surface area contributed by atoms with E-state index in [2.05, 4.69) is 20.1 Å². The zero-order chi connectivity index (χ0) is 21.5. The number of thioether (sulfide) groups is 1. The number of aromatic amines is 1. The summed E-state index contributed by atoms with van der Waals surface area (Å²) in [6, 6.07) is 12.0. The zero-order valence-corrected chi connectivity index (χ0v) is 17.1. The fraction of sp³-hybridized carbons (Fsp3) is 0.0526. The first-order valence-electron chi connectivity index (χ1n) is 8.89. The standard InChI is InChI=1S/C19H11ClN6O4S/c20-12-6-13-15(7-14(12)26(28)29)30-16(22-13)9-31-19-23-17-11(18(27)24-19)8-21-25(17)10-4-2-1-3-5-10/h1-8H,9H2,(H,23,24,27). The van der Waals surface area contributed by atoms with Gasteiger partial charge >= 0.3 is 0 Å². The Labute approximate surface area is 182 Å². The molecular formula is C19H11ClN6O4S. The monoisotopic (exact) mass is 454 g/mol. The van der Waals surface area contributed by atoms with Crippen molar-refractivity contribution in [2.75, 3.05) is 0 Å². The van der Waals surface area contributed by atoms with Crippen molar-refractivity contribution in [2.45, 2.75) is 10.9 Å². The maximum Gasteiger partial charge on any atom is 0.291 e. The SMILES string of the molecule is O=c1[nH]c(SCc2nc3cc(Cl)c([N+](=O)[O-])cc3o2)nc2c1cnn2-c1ccccc1. The number of para-hydroxylation sites is 1. The number of hydrogen-bond acceptors (Lipinski definition) is 8. The molecule has 0 unspecified atom stereocenters. The van der Waals surface area contributed by atoms with E-state index in [0.29, 0.717) is 27.6 Å². The van der Waals surface area contributed by atoms with Crippen LogP contribution in [0.2, 0.25) is 5.02 Å². The molecule has 10 nitrogen and oxygen atoms in total. The number of nitro benzene ring substituents is 1. The van der Waals surface area contributed by atoms with Crippen LogP contribution in [0.5, 0.6) is 0 Å². The Morgan fingerprint density at radius 1 is 1.23 bits per heavy atom. The average molecular weight is 455 g/mol. The van der Waals surface area contributed by atoms with Gasteiger partial charge in [-0.3, -0.25) is 14.9 Å². The Hall–Kier alpha value is -3.70. The number of benzene rings is 2. The molecule has 1 N–H and O–H groups in total. The number of rotatable bonds is 5. The molecule has 3 aromatic heterocycles. The van der Waals surface area contributed by atoms with Gasteiger partial charge in [0, 0.05) is 0 Å². The lowest BCUT2D eigenvalue weighted by Crippen LogP contribution is -2.09. The molecule has 0 radical (unpaired) electrons. The minimum atomic E-state index is -0.585. The van der Waals surface area contributed by atoms with Crippen LogP contribution in [0, 0.1) is 10.1 Å². The molecular weight excluding hydrogens is 444 g/mol. The Balaban J connectivity index is 1.46. The van der Waals surface area contributed by atoms with Crippen LogP contribution in [-0.2, 0) is 5.75 Å². The van der Waals surface area contributed by atoms with Crippen molar-refractivity contribution in [3.8, 4) is 5.69 Å². The molecule has 3 heterocycles. The third kappa shape index (κ3) is 3.53. The van der Waals surface area contributed by atoms with Gasteiger partial charge in [0.15, 0.2) is 16.4 Å². The number of halogens is 1. The highest BCUT2D eigenvalue weighted by Crippen LogP contribution is 2.31. The molecule has 0 aliphatic heterocycles. The first kappa shape index (κ1) is 19.3. The normalized spacial score (nSPS) is 11.4. The van der Waals surface area contributed by atoms with Crippen LogP contribution in [0.3, 0.4) is 0 Å². The second-order valence-electron chi connectivity index (χ2n) is 6.43. The number of H-pyrrole nitrogens is 1. The number of oxazole rings is 1. The second-order valence-corrected chi connectivity index (χ2v) is 7.80. The largest absolute Gasteiger partial charge is 0.440 e. The summed E-state index contributed by atoms with van der Waals surface area (Å²) in [5.41, 5.74) is 1.31. The van der Waals surface area contributed by atoms with E-state index in [1.54, 1.807) is 4.68 Å². The Bertz CT molecular complexity index is 1510. The lowest BCUT2D eigenvalue weighted by Gasteiger charge is -2.03. The van der Waals surface area contributed by atoms with Crippen LogP contribution in [0.4, 0.5) is 5.69 Å². The molecule has 0 aliphatic carbocycles. The summed E-state index contributed by atoms with van der Waals surface area (Å²) in [7, 11) is 0. The molecule has 0 saturated carbocycles. The number of fused-ring (bicyclic) bond motifs is 2. The predicted octanol–water partition coefficient (Wildman–Crippen LogP) is 4.10. The van der Waals surface area contributed by atoms with Crippen molar-refractivity contribution in [2.24, 2.45) is 0 Å². The van der Waals surface area contributed by atoms with Crippen molar-refractivity contribution >= 4 is 51.2 Å². The van der Waals surface area contributed by atoms with E-state index < -0.39 is 4.92 Å².